The van der Waals surface area contributed by atoms with Crippen LogP contribution in [0.1, 0.15) is 65.7 Å². The van der Waals surface area contributed by atoms with Gasteiger partial charge in [0.15, 0.2) is 0 Å². The first kappa shape index (κ1) is 11.1. The van der Waals surface area contributed by atoms with Crippen LogP contribution >= 0.6 is 0 Å². The first-order valence-electron chi connectivity index (χ1n) is 6.27. The average molecular weight is 182 g/mol. The summed E-state index contributed by atoms with van der Waals surface area (Å²) in [5.74, 6) is 3.11. The molecule has 0 heterocycles. The number of hydrogen-bond donors (Lipinski definition) is 0. The molecule has 1 aliphatic carbocycles. The molecule has 0 spiro atoms. The van der Waals surface area contributed by atoms with E-state index in [2.05, 4.69) is 20.8 Å². The van der Waals surface area contributed by atoms with E-state index in [9.17, 15) is 0 Å². The second kappa shape index (κ2) is 5.67. The van der Waals surface area contributed by atoms with Gasteiger partial charge in [0, 0.05) is 0 Å². The monoisotopic (exact) mass is 182 g/mol. The van der Waals surface area contributed by atoms with Gasteiger partial charge in [-0.05, 0) is 24.2 Å². The minimum absolute atomic E-state index is 0.957. The second-order valence-electron chi connectivity index (χ2n) is 4.95. The molecule has 0 nitrogen and oxygen atoms in total. The molecule has 0 radical (unpaired) electrons. The van der Waals surface area contributed by atoms with Crippen molar-refractivity contribution in [1.29, 1.82) is 0 Å². The van der Waals surface area contributed by atoms with Gasteiger partial charge in [-0.15, -0.1) is 0 Å². The minimum Gasteiger partial charge on any atom is -0.0651 e. The normalized spacial score (nSPS) is 30.7. The third kappa shape index (κ3) is 3.32. The molecule has 3 unspecified atom stereocenters. The molecular formula is C13H26. The van der Waals surface area contributed by atoms with Gasteiger partial charge < -0.3 is 0 Å². The molecule has 1 aliphatic rings. The highest BCUT2D eigenvalue weighted by atomic mass is 14.3. The number of rotatable bonds is 5. The number of hydrogen-bond acceptors (Lipinski definition) is 0. The summed E-state index contributed by atoms with van der Waals surface area (Å²) in [6, 6.07) is 0. The Kier molecular flexibility index (Phi) is 4.83. The molecule has 78 valence electrons. The summed E-state index contributed by atoms with van der Waals surface area (Å²) in [6.45, 7) is 7.08. The Hall–Kier alpha value is 0. The SMILES string of the molecule is CCC(C)CCC1CCCC1CC. The summed E-state index contributed by atoms with van der Waals surface area (Å²) >= 11 is 0. The highest BCUT2D eigenvalue weighted by Gasteiger charge is 2.25. The van der Waals surface area contributed by atoms with Crippen molar-refractivity contribution in [3.63, 3.8) is 0 Å². The maximum Gasteiger partial charge on any atom is -0.0386 e. The molecule has 0 heteroatoms. The molecule has 0 amide bonds. The largest absolute Gasteiger partial charge is 0.0651 e. The fourth-order valence-electron chi connectivity index (χ4n) is 2.73. The van der Waals surface area contributed by atoms with Crippen LogP contribution in [-0.4, -0.2) is 0 Å². The molecule has 0 aliphatic heterocycles. The Balaban J connectivity index is 2.19. The molecule has 0 N–H and O–H groups in total. The van der Waals surface area contributed by atoms with E-state index in [0.717, 1.165) is 17.8 Å². The maximum atomic E-state index is 2.40. The summed E-state index contributed by atoms with van der Waals surface area (Å²) in [6.07, 6.45) is 10.3. The van der Waals surface area contributed by atoms with E-state index in [1.807, 2.05) is 0 Å². The topological polar surface area (TPSA) is 0 Å². The van der Waals surface area contributed by atoms with Crippen LogP contribution in [0.3, 0.4) is 0 Å². The van der Waals surface area contributed by atoms with Crippen molar-refractivity contribution in [2.45, 2.75) is 65.7 Å². The Bertz CT molecular complexity index is 128. The standard InChI is InChI=1S/C13H26/c1-4-11(3)9-10-13-8-6-7-12(13)5-2/h11-13H,4-10H2,1-3H3. The third-order valence-electron chi connectivity index (χ3n) is 4.07. The lowest BCUT2D eigenvalue weighted by Crippen LogP contribution is -2.08. The lowest BCUT2D eigenvalue weighted by molar-refractivity contribution is 0.322. The van der Waals surface area contributed by atoms with Crippen molar-refractivity contribution >= 4 is 0 Å². The summed E-state index contributed by atoms with van der Waals surface area (Å²) in [5, 5.41) is 0. The predicted molar refractivity (Wildman–Crippen MR) is 59.8 cm³/mol. The van der Waals surface area contributed by atoms with E-state index >= 15 is 0 Å². The molecular weight excluding hydrogens is 156 g/mol. The van der Waals surface area contributed by atoms with Crippen LogP contribution in [0.5, 0.6) is 0 Å². The van der Waals surface area contributed by atoms with Crippen LogP contribution in [0, 0.1) is 17.8 Å². The van der Waals surface area contributed by atoms with Crippen LogP contribution in [0.15, 0.2) is 0 Å². The maximum absolute atomic E-state index is 2.40. The van der Waals surface area contributed by atoms with Gasteiger partial charge in [-0.1, -0.05) is 59.3 Å². The van der Waals surface area contributed by atoms with Crippen molar-refractivity contribution in [2.24, 2.45) is 17.8 Å². The quantitative estimate of drug-likeness (QED) is 0.581. The van der Waals surface area contributed by atoms with Gasteiger partial charge in [0.25, 0.3) is 0 Å². The van der Waals surface area contributed by atoms with Gasteiger partial charge in [0.05, 0.1) is 0 Å². The summed E-state index contributed by atoms with van der Waals surface area (Å²) in [4.78, 5) is 0. The molecule has 0 aromatic carbocycles. The zero-order chi connectivity index (χ0) is 9.68. The Morgan fingerprint density at radius 2 is 1.85 bits per heavy atom. The van der Waals surface area contributed by atoms with Crippen molar-refractivity contribution in [3.05, 3.63) is 0 Å². The molecule has 0 aromatic heterocycles. The van der Waals surface area contributed by atoms with Crippen molar-refractivity contribution < 1.29 is 0 Å². The van der Waals surface area contributed by atoms with Gasteiger partial charge in [0.2, 0.25) is 0 Å². The molecule has 0 bridgehead atoms. The highest BCUT2D eigenvalue weighted by molar-refractivity contribution is 4.76. The third-order valence-corrected chi connectivity index (χ3v) is 4.07. The molecule has 0 saturated heterocycles. The van der Waals surface area contributed by atoms with Crippen molar-refractivity contribution in [2.75, 3.05) is 0 Å². The zero-order valence-electron chi connectivity index (χ0n) is 9.68. The van der Waals surface area contributed by atoms with Gasteiger partial charge >= 0.3 is 0 Å². The van der Waals surface area contributed by atoms with Gasteiger partial charge in [0.1, 0.15) is 0 Å². The predicted octanol–water partition coefficient (Wildman–Crippen LogP) is 4.64. The van der Waals surface area contributed by atoms with Crippen LogP contribution in [0.4, 0.5) is 0 Å². The zero-order valence-corrected chi connectivity index (χ0v) is 9.68. The lowest BCUT2D eigenvalue weighted by Gasteiger charge is -2.19. The molecule has 1 rings (SSSR count). The van der Waals surface area contributed by atoms with E-state index in [1.165, 1.54) is 44.9 Å². The first-order chi connectivity index (χ1) is 6.27. The average Bonchev–Trinajstić information content (AvgIpc) is 2.61. The van der Waals surface area contributed by atoms with Crippen molar-refractivity contribution in [3.8, 4) is 0 Å². The Morgan fingerprint density at radius 3 is 2.46 bits per heavy atom. The lowest BCUT2D eigenvalue weighted by atomic mass is 9.87. The van der Waals surface area contributed by atoms with E-state index in [-0.39, 0.29) is 0 Å². The Morgan fingerprint density at radius 1 is 1.15 bits per heavy atom. The van der Waals surface area contributed by atoms with E-state index in [0.29, 0.717) is 0 Å². The van der Waals surface area contributed by atoms with E-state index in [4.69, 9.17) is 0 Å². The van der Waals surface area contributed by atoms with Gasteiger partial charge in [-0.2, -0.15) is 0 Å². The van der Waals surface area contributed by atoms with Crippen molar-refractivity contribution in [1.82, 2.24) is 0 Å². The highest BCUT2D eigenvalue weighted by Crippen LogP contribution is 2.37. The van der Waals surface area contributed by atoms with E-state index < -0.39 is 0 Å². The first-order valence-corrected chi connectivity index (χ1v) is 6.27. The van der Waals surface area contributed by atoms with Crippen LogP contribution < -0.4 is 0 Å². The smallest absolute Gasteiger partial charge is 0.0386 e. The van der Waals surface area contributed by atoms with Crippen LogP contribution in [0.25, 0.3) is 0 Å². The van der Waals surface area contributed by atoms with E-state index in [1.54, 1.807) is 0 Å². The fourth-order valence-corrected chi connectivity index (χ4v) is 2.73. The molecule has 13 heavy (non-hydrogen) atoms. The van der Waals surface area contributed by atoms with Gasteiger partial charge in [-0.25, -0.2) is 0 Å². The fraction of sp³-hybridized carbons (Fsp3) is 1.00. The summed E-state index contributed by atoms with van der Waals surface area (Å²) in [5.41, 5.74) is 0. The molecule has 1 saturated carbocycles. The molecule has 0 aromatic rings. The van der Waals surface area contributed by atoms with Crippen LogP contribution in [0.2, 0.25) is 0 Å². The second-order valence-corrected chi connectivity index (χ2v) is 4.95. The molecule has 3 atom stereocenters. The van der Waals surface area contributed by atoms with Gasteiger partial charge in [-0.3, -0.25) is 0 Å². The summed E-state index contributed by atoms with van der Waals surface area (Å²) in [7, 11) is 0. The molecule has 1 fully saturated rings. The minimum atomic E-state index is 0.957. The Labute approximate surface area is 84.1 Å². The summed E-state index contributed by atoms with van der Waals surface area (Å²) < 4.78 is 0. The van der Waals surface area contributed by atoms with Crippen LogP contribution in [-0.2, 0) is 0 Å².